The molecule has 1 aliphatic rings. The molecule has 1 aliphatic heterocycles. The van der Waals surface area contributed by atoms with Crippen LogP contribution in [0.25, 0.3) is 0 Å². The Morgan fingerprint density at radius 1 is 0.923 bits per heavy atom. The molecule has 0 aliphatic carbocycles. The van der Waals surface area contributed by atoms with Crippen LogP contribution in [0.5, 0.6) is 0 Å². The Morgan fingerprint density at radius 2 is 1.42 bits per heavy atom. The van der Waals surface area contributed by atoms with Crippen LogP contribution in [0.1, 0.15) is 59.8 Å². The highest BCUT2D eigenvalue weighted by Gasteiger charge is 2.32. The van der Waals surface area contributed by atoms with Gasteiger partial charge in [-0.2, -0.15) is 0 Å². The van der Waals surface area contributed by atoms with E-state index in [0.717, 1.165) is 6.42 Å². The van der Waals surface area contributed by atoms with Crippen LogP contribution in [0, 0.1) is 0 Å². The van der Waals surface area contributed by atoms with Gasteiger partial charge in [0.25, 0.3) is 11.8 Å². The predicted octanol–water partition coefficient (Wildman–Crippen LogP) is 2.00. The minimum Gasteiger partial charge on any atom is -0.385 e. The van der Waals surface area contributed by atoms with Gasteiger partial charge < -0.3 is 19.0 Å². The number of ether oxygens (including phenoxy) is 3. The van der Waals surface area contributed by atoms with Crippen LogP contribution in [0.15, 0.2) is 0 Å². The van der Waals surface area contributed by atoms with E-state index in [1.54, 1.807) is 7.11 Å². The van der Waals surface area contributed by atoms with Crippen LogP contribution in [-0.4, -0.2) is 61.0 Å². The van der Waals surface area contributed by atoms with E-state index in [-0.39, 0.29) is 31.5 Å². The fraction of sp³-hybridized carbons (Fsp3) is 0.833. The van der Waals surface area contributed by atoms with E-state index in [0.29, 0.717) is 24.7 Å². The van der Waals surface area contributed by atoms with Crippen LogP contribution >= 0.6 is 0 Å². The molecule has 0 aromatic rings. The van der Waals surface area contributed by atoms with E-state index in [1.807, 2.05) is 27.7 Å². The van der Waals surface area contributed by atoms with Gasteiger partial charge in [0.1, 0.15) is 0 Å². The van der Waals surface area contributed by atoms with Crippen LogP contribution in [0.2, 0.25) is 0 Å². The van der Waals surface area contributed by atoms with Gasteiger partial charge in [0.2, 0.25) is 0 Å². The molecule has 8 heteroatoms. The summed E-state index contributed by atoms with van der Waals surface area (Å²) in [5.41, 5.74) is -0.748. The summed E-state index contributed by atoms with van der Waals surface area (Å²) in [7, 11) is 1.66. The van der Waals surface area contributed by atoms with Gasteiger partial charge in [0.05, 0.1) is 30.8 Å². The minimum atomic E-state index is -0.665. The van der Waals surface area contributed by atoms with Gasteiger partial charge in [-0.3, -0.25) is 9.59 Å². The molecule has 0 radical (unpaired) electrons. The van der Waals surface area contributed by atoms with Crippen molar-refractivity contribution in [1.82, 2.24) is 5.06 Å². The van der Waals surface area contributed by atoms with E-state index in [9.17, 15) is 14.4 Å². The van der Waals surface area contributed by atoms with E-state index >= 15 is 0 Å². The Labute approximate surface area is 155 Å². The molecule has 1 fully saturated rings. The lowest BCUT2D eigenvalue weighted by atomic mass is 10.0. The second-order valence-corrected chi connectivity index (χ2v) is 7.50. The zero-order chi connectivity index (χ0) is 19.8. The third kappa shape index (κ3) is 8.25. The highest BCUT2D eigenvalue weighted by molar-refractivity contribution is 6.01. The normalized spacial score (nSPS) is 15.7. The number of hydrogen-bond acceptors (Lipinski definition) is 7. The molecule has 0 saturated carbocycles. The second-order valence-electron chi connectivity index (χ2n) is 7.50. The summed E-state index contributed by atoms with van der Waals surface area (Å²) in [4.78, 5) is 39.3. The fourth-order valence-corrected chi connectivity index (χ4v) is 2.28. The molecule has 0 spiro atoms. The molecule has 0 unspecified atom stereocenters. The Bertz CT molecular complexity index is 486. The largest absolute Gasteiger partial charge is 0.385 e. The summed E-state index contributed by atoms with van der Waals surface area (Å²) >= 11 is 0. The third-order valence-corrected chi connectivity index (χ3v) is 4.10. The molecule has 0 aromatic carbocycles. The number of hydroxylamine groups is 2. The summed E-state index contributed by atoms with van der Waals surface area (Å²) in [6, 6.07) is 0. The molecule has 1 heterocycles. The lowest BCUT2D eigenvalue weighted by molar-refractivity contribution is -0.198. The highest BCUT2D eigenvalue weighted by Crippen LogP contribution is 2.20. The topological polar surface area (TPSA) is 91.4 Å². The van der Waals surface area contributed by atoms with Gasteiger partial charge in [0, 0.05) is 26.6 Å². The summed E-state index contributed by atoms with van der Waals surface area (Å²) < 4.78 is 16.7. The summed E-state index contributed by atoms with van der Waals surface area (Å²) in [5.74, 6) is -1.64. The lowest BCUT2D eigenvalue weighted by Crippen LogP contribution is -2.34. The molecular formula is C18H31NO7. The quantitative estimate of drug-likeness (QED) is 0.483. The van der Waals surface area contributed by atoms with Crippen molar-refractivity contribution in [2.45, 2.75) is 71.0 Å². The predicted molar refractivity (Wildman–Crippen MR) is 93.0 cm³/mol. The molecule has 26 heavy (non-hydrogen) atoms. The zero-order valence-electron chi connectivity index (χ0n) is 16.5. The smallest absolute Gasteiger partial charge is 0.335 e. The number of methoxy groups -OCH3 is 1. The average Bonchev–Trinajstić information content (AvgIpc) is 2.84. The van der Waals surface area contributed by atoms with Gasteiger partial charge >= 0.3 is 5.97 Å². The van der Waals surface area contributed by atoms with Crippen molar-refractivity contribution in [3.8, 4) is 0 Å². The molecule has 0 N–H and O–H groups in total. The van der Waals surface area contributed by atoms with Crippen molar-refractivity contribution in [2.75, 3.05) is 26.9 Å². The molecule has 0 bridgehead atoms. The van der Waals surface area contributed by atoms with Crippen LogP contribution in [0.3, 0.4) is 0 Å². The first-order valence-corrected chi connectivity index (χ1v) is 8.90. The van der Waals surface area contributed by atoms with E-state index in [1.165, 1.54) is 0 Å². The van der Waals surface area contributed by atoms with E-state index < -0.39 is 23.4 Å². The van der Waals surface area contributed by atoms with Crippen LogP contribution < -0.4 is 0 Å². The van der Waals surface area contributed by atoms with Crippen molar-refractivity contribution in [3.63, 3.8) is 0 Å². The van der Waals surface area contributed by atoms with Crippen molar-refractivity contribution < 1.29 is 33.4 Å². The van der Waals surface area contributed by atoms with Gasteiger partial charge in [-0.05, 0) is 40.5 Å². The number of carbonyl (C=O) groups is 3. The Hall–Kier alpha value is -1.51. The second kappa shape index (κ2) is 9.99. The average molecular weight is 373 g/mol. The van der Waals surface area contributed by atoms with Gasteiger partial charge in [-0.15, -0.1) is 5.06 Å². The molecular weight excluding hydrogens is 342 g/mol. The number of hydrogen-bond donors (Lipinski definition) is 0. The minimum absolute atomic E-state index is 0.0410. The Balaban J connectivity index is 2.24. The van der Waals surface area contributed by atoms with Crippen molar-refractivity contribution in [1.29, 1.82) is 0 Å². The number of nitrogens with zero attached hydrogens (tertiary/aromatic N) is 1. The number of rotatable bonds is 12. The standard InChI is InChI=1S/C18H31NO7/c1-17(2,9-12-23-5)25-13-10-18(3,4)24-11-8-16(22)26-19-14(20)6-7-15(19)21/h6-13H2,1-5H3. The Kier molecular flexibility index (Phi) is 8.66. The zero-order valence-corrected chi connectivity index (χ0v) is 16.5. The summed E-state index contributed by atoms with van der Waals surface area (Å²) in [6.07, 6.45) is 1.57. The molecule has 2 amide bonds. The van der Waals surface area contributed by atoms with E-state index in [4.69, 9.17) is 19.0 Å². The molecule has 150 valence electrons. The van der Waals surface area contributed by atoms with Crippen molar-refractivity contribution >= 4 is 17.8 Å². The first-order valence-electron chi connectivity index (χ1n) is 8.90. The maximum absolute atomic E-state index is 11.7. The number of imide groups is 1. The van der Waals surface area contributed by atoms with Crippen molar-refractivity contribution in [2.24, 2.45) is 0 Å². The summed E-state index contributed by atoms with van der Waals surface area (Å²) in [6.45, 7) is 9.14. The van der Waals surface area contributed by atoms with Crippen LogP contribution in [0.4, 0.5) is 0 Å². The first-order chi connectivity index (χ1) is 12.1. The van der Waals surface area contributed by atoms with Gasteiger partial charge in [-0.25, -0.2) is 4.79 Å². The maximum atomic E-state index is 11.7. The SMILES string of the molecule is COCCC(C)(C)OCCC(C)(C)OCCC(=O)ON1C(=O)CCC1=O. The number of carbonyl (C=O) groups excluding carboxylic acids is 3. The Morgan fingerprint density at radius 3 is 1.96 bits per heavy atom. The third-order valence-electron chi connectivity index (χ3n) is 4.10. The molecule has 1 rings (SSSR count). The fourth-order valence-electron chi connectivity index (χ4n) is 2.28. The van der Waals surface area contributed by atoms with Crippen molar-refractivity contribution in [3.05, 3.63) is 0 Å². The maximum Gasteiger partial charge on any atom is 0.335 e. The highest BCUT2D eigenvalue weighted by atomic mass is 16.7. The molecule has 1 saturated heterocycles. The lowest BCUT2D eigenvalue weighted by Gasteiger charge is -2.29. The van der Waals surface area contributed by atoms with Crippen LogP contribution in [-0.2, 0) is 33.4 Å². The summed E-state index contributed by atoms with van der Waals surface area (Å²) in [5, 5.41) is 0.545. The number of amides is 2. The van der Waals surface area contributed by atoms with Gasteiger partial charge in [-0.1, -0.05) is 0 Å². The van der Waals surface area contributed by atoms with E-state index in [2.05, 4.69) is 0 Å². The van der Waals surface area contributed by atoms with Gasteiger partial charge in [0.15, 0.2) is 0 Å². The molecule has 8 nitrogen and oxygen atoms in total. The molecule has 0 aromatic heterocycles. The molecule has 0 atom stereocenters. The first kappa shape index (κ1) is 22.5. The monoisotopic (exact) mass is 373 g/mol.